The number of aromatic amines is 1. The molecule has 0 atom stereocenters. The SMILES string of the molecule is Nc1nc2cc(I)c(I)c(O)c2c2n[nH]cc12. The normalized spacial score (nSPS) is 11.4. The second kappa shape index (κ2) is 3.83. The number of nitrogens with two attached hydrogens (primary N) is 1. The Labute approximate surface area is 123 Å². The lowest BCUT2D eigenvalue weighted by atomic mass is 10.1. The number of hydrogen-bond acceptors (Lipinski definition) is 4. The number of hydrogen-bond donors (Lipinski definition) is 3. The van der Waals surface area contributed by atoms with Crippen LogP contribution in [-0.2, 0) is 0 Å². The van der Waals surface area contributed by atoms with E-state index in [9.17, 15) is 5.11 Å². The van der Waals surface area contributed by atoms with Crippen LogP contribution in [0.25, 0.3) is 21.8 Å². The van der Waals surface area contributed by atoms with Gasteiger partial charge in [-0.25, -0.2) is 4.98 Å². The van der Waals surface area contributed by atoms with Gasteiger partial charge in [-0.15, -0.1) is 0 Å². The second-order valence-electron chi connectivity index (χ2n) is 3.56. The summed E-state index contributed by atoms with van der Waals surface area (Å²) in [5.41, 5.74) is 7.16. The number of phenolic OH excluding ortho intramolecular Hbond substituents is 1. The van der Waals surface area contributed by atoms with Crippen LogP contribution in [-0.4, -0.2) is 20.3 Å². The minimum Gasteiger partial charge on any atom is -0.506 e. The first-order chi connectivity index (χ1) is 8.09. The Hall–Kier alpha value is -0.840. The topological polar surface area (TPSA) is 87.8 Å². The van der Waals surface area contributed by atoms with E-state index in [1.807, 2.05) is 6.07 Å². The zero-order chi connectivity index (χ0) is 12.2. The molecule has 0 aliphatic carbocycles. The fourth-order valence-electron chi connectivity index (χ4n) is 1.79. The maximum atomic E-state index is 10.2. The van der Waals surface area contributed by atoms with Crippen molar-refractivity contribution in [2.45, 2.75) is 0 Å². The van der Waals surface area contributed by atoms with Gasteiger partial charge in [-0.05, 0) is 51.2 Å². The number of fused-ring (bicyclic) bond motifs is 3. The van der Waals surface area contributed by atoms with Crippen LogP contribution in [0.1, 0.15) is 0 Å². The van der Waals surface area contributed by atoms with Gasteiger partial charge in [0.1, 0.15) is 17.1 Å². The third kappa shape index (κ3) is 1.55. The Bertz CT molecular complexity index is 753. The summed E-state index contributed by atoms with van der Waals surface area (Å²) in [5.74, 6) is 0.620. The largest absolute Gasteiger partial charge is 0.506 e. The summed E-state index contributed by atoms with van der Waals surface area (Å²) in [5, 5.41) is 18.4. The van der Waals surface area contributed by atoms with Gasteiger partial charge in [0.25, 0.3) is 0 Å². The van der Waals surface area contributed by atoms with Crippen molar-refractivity contribution in [3.05, 3.63) is 19.4 Å². The number of nitrogens with one attached hydrogen (secondary N) is 1. The van der Waals surface area contributed by atoms with Gasteiger partial charge in [0.05, 0.1) is 19.9 Å². The maximum Gasteiger partial charge on any atom is 0.141 e. The molecule has 0 saturated heterocycles. The molecule has 5 nitrogen and oxygen atoms in total. The van der Waals surface area contributed by atoms with Crippen LogP contribution in [0.3, 0.4) is 0 Å². The van der Waals surface area contributed by atoms with Crippen molar-refractivity contribution in [2.75, 3.05) is 5.73 Å². The molecule has 0 bridgehead atoms. The number of benzene rings is 1. The highest BCUT2D eigenvalue weighted by atomic mass is 127. The summed E-state index contributed by atoms with van der Waals surface area (Å²) in [6, 6.07) is 1.89. The zero-order valence-corrected chi connectivity index (χ0v) is 12.6. The Morgan fingerprint density at radius 1 is 1.35 bits per heavy atom. The molecule has 0 aliphatic rings. The van der Waals surface area contributed by atoms with Gasteiger partial charge >= 0.3 is 0 Å². The molecule has 0 unspecified atom stereocenters. The summed E-state index contributed by atoms with van der Waals surface area (Å²) < 4.78 is 1.74. The number of phenols is 1. The summed E-state index contributed by atoms with van der Waals surface area (Å²) >= 11 is 4.26. The van der Waals surface area contributed by atoms with Crippen molar-refractivity contribution in [3.63, 3.8) is 0 Å². The van der Waals surface area contributed by atoms with Crippen LogP contribution in [0.15, 0.2) is 12.3 Å². The Morgan fingerprint density at radius 2 is 2.12 bits per heavy atom. The molecule has 0 amide bonds. The fourth-order valence-corrected chi connectivity index (χ4v) is 2.76. The third-order valence-electron chi connectivity index (χ3n) is 2.57. The monoisotopic (exact) mass is 452 g/mol. The molecule has 3 rings (SSSR count). The van der Waals surface area contributed by atoms with Crippen LogP contribution in [0.2, 0.25) is 0 Å². The van der Waals surface area contributed by atoms with E-state index in [2.05, 4.69) is 60.4 Å². The van der Waals surface area contributed by atoms with Crippen molar-refractivity contribution in [3.8, 4) is 5.75 Å². The summed E-state index contributed by atoms with van der Waals surface area (Å²) in [6.07, 6.45) is 1.68. The van der Waals surface area contributed by atoms with Crippen LogP contribution >= 0.6 is 45.2 Å². The molecule has 0 radical (unpaired) electrons. The van der Waals surface area contributed by atoms with Gasteiger partial charge in [-0.2, -0.15) is 5.10 Å². The van der Waals surface area contributed by atoms with Crippen molar-refractivity contribution < 1.29 is 5.11 Å². The lowest BCUT2D eigenvalue weighted by Gasteiger charge is -2.07. The molecule has 1 aromatic carbocycles. The number of rotatable bonds is 0. The quantitative estimate of drug-likeness (QED) is 0.458. The molecule has 4 N–H and O–H groups in total. The molecule has 2 heterocycles. The minimum absolute atomic E-state index is 0.206. The van der Waals surface area contributed by atoms with Crippen molar-refractivity contribution >= 4 is 72.8 Å². The molecule has 0 saturated carbocycles. The van der Waals surface area contributed by atoms with Crippen LogP contribution in [0, 0.1) is 7.14 Å². The van der Waals surface area contributed by atoms with E-state index in [0.717, 1.165) is 12.5 Å². The average molecular weight is 452 g/mol. The lowest BCUT2D eigenvalue weighted by Crippen LogP contribution is -1.94. The first kappa shape index (κ1) is 11.3. The summed E-state index contributed by atoms with van der Waals surface area (Å²) in [6.45, 7) is 0. The first-order valence-electron chi connectivity index (χ1n) is 4.69. The van der Waals surface area contributed by atoms with E-state index in [1.165, 1.54) is 0 Å². The van der Waals surface area contributed by atoms with Crippen LogP contribution in [0.5, 0.6) is 5.75 Å². The number of nitrogen functional groups attached to an aromatic ring is 1. The minimum atomic E-state index is 0.206. The molecule has 0 aliphatic heterocycles. The number of nitrogens with zero attached hydrogens (tertiary/aromatic N) is 2. The standard InChI is InChI=1S/C10H6I2N4O/c11-4-1-5-6(9(17)7(4)12)8-3(2-14-16-8)10(13)15-5/h1-2,17H,(H2,13,15)(H,14,16). The van der Waals surface area contributed by atoms with Gasteiger partial charge in [0.15, 0.2) is 0 Å². The van der Waals surface area contributed by atoms with E-state index in [1.54, 1.807) is 6.20 Å². The molecular formula is C10H6I2N4O. The Morgan fingerprint density at radius 3 is 2.88 bits per heavy atom. The van der Waals surface area contributed by atoms with Crippen LogP contribution in [0.4, 0.5) is 5.82 Å². The molecule has 17 heavy (non-hydrogen) atoms. The predicted octanol–water partition coefficient (Wildman–Crippen LogP) is 2.61. The number of pyridine rings is 1. The summed E-state index contributed by atoms with van der Waals surface area (Å²) in [7, 11) is 0. The molecule has 7 heteroatoms. The summed E-state index contributed by atoms with van der Waals surface area (Å²) in [4.78, 5) is 4.29. The Balaban J connectivity index is 2.65. The number of aromatic hydroxyl groups is 1. The van der Waals surface area contributed by atoms with E-state index in [-0.39, 0.29) is 5.75 Å². The third-order valence-corrected chi connectivity index (χ3v) is 5.54. The number of aromatic nitrogens is 3. The highest BCUT2D eigenvalue weighted by Crippen LogP contribution is 2.37. The van der Waals surface area contributed by atoms with Gasteiger partial charge in [-0.3, -0.25) is 5.10 Å². The number of halogens is 2. The fraction of sp³-hybridized carbons (Fsp3) is 0. The van der Waals surface area contributed by atoms with E-state index in [0.29, 0.717) is 22.2 Å². The second-order valence-corrected chi connectivity index (χ2v) is 5.80. The molecule has 3 aromatic rings. The van der Waals surface area contributed by atoms with Gasteiger partial charge in [-0.1, -0.05) is 0 Å². The lowest BCUT2D eigenvalue weighted by molar-refractivity contribution is 0.477. The molecule has 2 aromatic heterocycles. The van der Waals surface area contributed by atoms with Crippen molar-refractivity contribution in [2.24, 2.45) is 0 Å². The van der Waals surface area contributed by atoms with E-state index in [4.69, 9.17) is 5.73 Å². The van der Waals surface area contributed by atoms with E-state index >= 15 is 0 Å². The van der Waals surface area contributed by atoms with Gasteiger partial charge < -0.3 is 10.8 Å². The van der Waals surface area contributed by atoms with Crippen molar-refractivity contribution in [1.82, 2.24) is 15.2 Å². The van der Waals surface area contributed by atoms with Crippen molar-refractivity contribution in [1.29, 1.82) is 0 Å². The highest BCUT2D eigenvalue weighted by molar-refractivity contribution is 14.1. The smallest absolute Gasteiger partial charge is 0.141 e. The molecule has 86 valence electrons. The van der Waals surface area contributed by atoms with Gasteiger partial charge in [0.2, 0.25) is 0 Å². The first-order valence-corrected chi connectivity index (χ1v) is 6.85. The molecule has 0 fully saturated rings. The average Bonchev–Trinajstić information content (AvgIpc) is 2.75. The van der Waals surface area contributed by atoms with Gasteiger partial charge in [0, 0.05) is 9.77 Å². The number of H-pyrrole nitrogens is 1. The maximum absolute atomic E-state index is 10.2. The number of anilines is 1. The Kier molecular flexibility index (Phi) is 2.54. The molecule has 0 spiro atoms. The highest BCUT2D eigenvalue weighted by Gasteiger charge is 2.16. The predicted molar refractivity (Wildman–Crippen MR) is 82.9 cm³/mol. The van der Waals surface area contributed by atoms with Crippen LogP contribution < -0.4 is 5.73 Å². The van der Waals surface area contributed by atoms with E-state index < -0.39 is 0 Å². The molecular weight excluding hydrogens is 446 g/mol. The zero-order valence-electron chi connectivity index (χ0n) is 8.33.